The van der Waals surface area contributed by atoms with Crippen molar-refractivity contribution >= 4 is 23.3 Å². The first kappa shape index (κ1) is 20.8. The fourth-order valence-corrected chi connectivity index (χ4v) is 2.62. The average Bonchev–Trinajstić information content (AvgIpc) is 2.79. The fourth-order valence-electron chi connectivity index (χ4n) is 2.62. The van der Waals surface area contributed by atoms with E-state index in [1.807, 2.05) is 12.1 Å². The third-order valence-electron chi connectivity index (χ3n) is 4.23. The van der Waals surface area contributed by atoms with E-state index in [0.29, 0.717) is 22.6 Å². The van der Waals surface area contributed by atoms with Crippen LogP contribution in [0.4, 0.5) is 5.69 Å². The number of ketones is 1. The second kappa shape index (κ2) is 10.0. The van der Waals surface area contributed by atoms with Crippen LogP contribution in [0.25, 0.3) is 0 Å². The third-order valence-corrected chi connectivity index (χ3v) is 4.23. The monoisotopic (exact) mass is 403 g/mol. The lowest BCUT2D eigenvalue weighted by atomic mass is 10.1. The smallest absolute Gasteiger partial charge is 0.347 e. The Labute approximate surface area is 174 Å². The van der Waals surface area contributed by atoms with Gasteiger partial charge in [0.2, 0.25) is 0 Å². The van der Waals surface area contributed by atoms with Gasteiger partial charge in [-0.25, -0.2) is 4.79 Å². The van der Waals surface area contributed by atoms with E-state index in [1.54, 1.807) is 79.7 Å². The van der Waals surface area contributed by atoms with E-state index < -0.39 is 18.7 Å². The first-order chi connectivity index (χ1) is 14.5. The van der Waals surface area contributed by atoms with Gasteiger partial charge in [0.15, 0.2) is 18.5 Å². The number of para-hydroxylation sites is 1. The molecule has 0 radical (unpaired) electrons. The van der Waals surface area contributed by atoms with Crippen LogP contribution in [0.15, 0.2) is 84.9 Å². The Hall–Kier alpha value is -3.93. The van der Waals surface area contributed by atoms with Gasteiger partial charge >= 0.3 is 5.97 Å². The molecule has 3 aromatic carbocycles. The summed E-state index contributed by atoms with van der Waals surface area (Å²) in [6.45, 7) is 1.17. The molecule has 0 aromatic heterocycles. The van der Waals surface area contributed by atoms with E-state index in [0.717, 1.165) is 0 Å². The van der Waals surface area contributed by atoms with Gasteiger partial charge in [-0.2, -0.15) is 0 Å². The Bertz CT molecular complexity index is 1000. The molecule has 1 atom stereocenters. The number of hydrogen-bond donors (Lipinski definition) is 1. The van der Waals surface area contributed by atoms with Crippen molar-refractivity contribution in [2.45, 2.75) is 13.0 Å². The molecule has 0 aliphatic rings. The molecule has 0 saturated carbocycles. The van der Waals surface area contributed by atoms with Gasteiger partial charge in [0.25, 0.3) is 5.91 Å². The van der Waals surface area contributed by atoms with Crippen LogP contribution < -0.4 is 10.1 Å². The van der Waals surface area contributed by atoms with Gasteiger partial charge in [-0.05, 0) is 55.5 Å². The molecular formula is C24H21NO5. The molecule has 3 aromatic rings. The average molecular weight is 403 g/mol. The zero-order valence-corrected chi connectivity index (χ0v) is 16.4. The number of amides is 1. The number of carbonyl (C=O) groups is 3. The second-order valence-corrected chi connectivity index (χ2v) is 6.50. The van der Waals surface area contributed by atoms with Gasteiger partial charge in [-0.3, -0.25) is 9.59 Å². The first-order valence-corrected chi connectivity index (χ1v) is 9.41. The lowest BCUT2D eigenvalue weighted by Crippen LogP contribution is -2.28. The van der Waals surface area contributed by atoms with E-state index in [4.69, 9.17) is 9.47 Å². The summed E-state index contributed by atoms with van der Waals surface area (Å²) in [6.07, 6.45) is -0.837. The zero-order chi connectivity index (χ0) is 21.3. The number of hydrogen-bond acceptors (Lipinski definition) is 5. The highest BCUT2D eigenvalue weighted by Crippen LogP contribution is 2.13. The molecule has 0 fully saturated rings. The Morgan fingerprint density at radius 3 is 2.03 bits per heavy atom. The van der Waals surface area contributed by atoms with Crippen LogP contribution in [0.5, 0.6) is 5.75 Å². The van der Waals surface area contributed by atoms with E-state index in [1.165, 1.54) is 0 Å². The summed E-state index contributed by atoms with van der Waals surface area (Å²) in [6, 6.07) is 24.1. The molecule has 0 unspecified atom stereocenters. The zero-order valence-electron chi connectivity index (χ0n) is 16.4. The molecule has 0 aliphatic carbocycles. The largest absolute Gasteiger partial charge is 0.479 e. The van der Waals surface area contributed by atoms with Gasteiger partial charge in [-0.15, -0.1) is 0 Å². The molecule has 0 spiro atoms. The lowest BCUT2D eigenvalue weighted by molar-refractivity contribution is -0.149. The van der Waals surface area contributed by atoms with Crippen molar-refractivity contribution in [3.63, 3.8) is 0 Å². The second-order valence-electron chi connectivity index (χ2n) is 6.50. The van der Waals surface area contributed by atoms with Crippen molar-refractivity contribution in [3.8, 4) is 5.75 Å². The number of ether oxygens (including phenoxy) is 2. The minimum atomic E-state index is -0.837. The van der Waals surface area contributed by atoms with Gasteiger partial charge in [-0.1, -0.05) is 36.4 Å². The maximum Gasteiger partial charge on any atom is 0.347 e. The number of benzene rings is 3. The Balaban J connectivity index is 1.49. The summed E-state index contributed by atoms with van der Waals surface area (Å²) in [5.74, 6) is -0.674. The summed E-state index contributed by atoms with van der Waals surface area (Å²) < 4.78 is 10.5. The highest BCUT2D eigenvalue weighted by molar-refractivity contribution is 6.04. The lowest BCUT2D eigenvalue weighted by Gasteiger charge is -2.13. The van der Waals surface area contributed by atoms with Crippen LogP contribution in [0.3, 0.4) is 0 Å². The van der Waals surface area contributed by atoms with Gasteiger partial charge < -0.3 is 14.8 Å². The van der Waals surface area contributed by atoms with Gasteiger partial charge in [0.1, 0.15) is 5.75 Å². The molecule has 0 saturated heterocycles. The molecule has 6 heteroatoms. The predicted molar refractivity (Wildman–Crippen MR) is 113 cm³/mol. The van der Waals surface area contributed by atoms with Crippen molar-refractivity contribution in [1.82, 2.24) is 0 Å². The van der Waals surface area contributed by atoms with Crippen molar-refractivity contribution < 1.29 is 23.9 Å². The molecular weight excluding hydrogens is 382 g/mol. The van der Waals surface area contributed by atoms with Crippen molar-refractivity contribution in [2.75, 3.05) is 11.9 Å². The number of carbonyl (C=O) groups excluding carboxylic acids is 3. The summed E-state index contributed by atoms with van der Waals surface area (Å²) in [5, 5.41) is 2.76. The molecule has 1 amide bonds. The maximum absolute atomic E-state index is 12.3. The van der Waals surface area contributed by atoms with E-state index in [9.17, 15) is 14.4 Å². The predicted octanol–water partition coefficient (Wildman–Crippen LogP) is 4.13. The standard InChI is InChI=1S/C24H21NO5/c1-17(30-21-10-6-3-7-11-21)24(28)29-16-22(26)18-12-14-20(15-13-18)25-23(27)19-8-4-2-5-9-19/h2-15,17H,16H2,1H3,(H,25,27)/t17-/m0/s1. The van der Waals surface area contributed by atoms with Crippen LogP contribution in [-0.4, -0.2) is 30.4 Å². The van der Waals surface area contributed by atoms with Crippen molar-refractivity contribution in [1.29, 1.82) is 0 Å². The number of rotatable bonds is 8. The minimum absolute atomic E-state index is 0.240. The van der Waals surface area contributed by atoms with Crippen LogP contribution in [0, 0.1) is 0 Å². The van der Waals surface area contributed by atoms with Crippen LogP contribution in [-0.2, 0) is 9.53 Å². The maximum atomic E-state index is 12.3. The quantitative estimate of drug-likeness (QED) is 0.452. The van der Waals surface area contributed by atoms with Crippen LogP contribution in [0.1, 0.15) is 27.6 Å². The summed E-state index contributed by atoms with van der Waals surface area (Å²) in [4.78, 5) is 36.5. The Morgan fingerprint density at radius 1 is 0.800 bits per heavy atom. The SMILES string of the molecule is C[C@H](Oc1ccccc1)C(=O)OCC(=O)c1ccc(NC(=O)c2ccccc2)cc1. The Kier molecular flexibility index (Phi) is 6.95. The van der Waals surface area contributed by atoms with Crippen LogP contribution >= 0.6 is 0 Å². The third kappa shape index (κ3) is 5.78. The molecule has 3 rings (SSSR count). The van der Waals surface area contributed by atoms with Crippen molar-refractivity contribution in [3.05, 3.63) is 96.1 Å². The number of esters is 1. The van der Waals surface area contributed by atoms with Gasteiger partial charge in [0, 0.05) is 16.8 Å². The highest BCUT2D eigenvalue weighted by Gasteiger charge is 2.18. The molecule has 1 N–H and O–H groups in total. The van der Waals surface area contributed by atoms with E-state index in [-0.39, 0.29) is 11.7 Å². The summed E-state index contributed by atoms with van der Waals surface area (Å²) >= 11 is 0. The molecule has 0 aliphatic heterocycles. The molecule has 0 bridgehead atoms. The van der Waals surface area contributed by atoms with E-state index >= 15 is 0 Å². The normalized spacial score (nSPS) is 11.2. The Morgan fingerprint density at radius 2 is 1.40 bits per heavy atom. The van der Waals surface area contributed by atoms with Gasteiger partial charge in [0.05, 0.1) is 0 Å². The van der Waals surface area contributed by atoms with Crippen molar-refractivity contribution in [2.24, 2.45) is 0 Å². The highest BCUT2D eigenvalue weighted by atomic mass is 16.6. The topological polar surface area (TPSA) is 81.7 Å². The van der Waals surface area contributed by atoms with Crippen LogP contribution in [0.2, 0.25) is 0 Å². The first-order valence-electron chi connectivity index (χ1n) is 9.41. The summed E-state index contributed by atoms with van der Waals surface area (Å²) in [7, 11) is 0. The number of Topliss-reactive ketones (excluding diaryl/α,β-unsaturated/α-hetero) is 1. The fraction of sp³-hybridized carbons (Fsp3) is 0.125. The summed E-state index contributed by atoms with van der Waals surface area (Å²) in [5.41, 5.74) is 1.47. The molecule has 30 heavy (non-hydrogen) atoms. The molecule has 152 valence electrons. The number of anilines is 1. The molecule has 0 heterocycles. The number of nitrogens with one attached hydrogen (secondary N) is 1. The minimum Gasteiger partial charge on any atom is -0.479 e. The molecule has 6 nitrogen and oxygen atoms in total. The van der Waals surface area contributed by atoms with E-state index in [2.05, 4.69) is 5.32 Å².